The average Bonchev–Trinajstić information content (AvgIpc) is 2.84. The zero-order chi connectivity index (χ0) is 11.4. The van der Waals surface area contributed by atoms with E-state index in [1.165, 1.54) is 4.88 Å². The SMILES string of the molecule is C[C@@H](O)CNCc1cn[nH]c1-c1cccs1. The van der Waals surface area contributed by atoms with Gasteiger partial charge in [-0.2, -0.15) is 5.10 Å². The molecule has 0 radical (unpaired) electrons. The van der Waals surface area contributed by atoms with E-state index in [0.29, 0.717) is 13.1 Å². The molecule has 2 rings (SSSR count). The van der Waals surface area contributed by atoms with Gasteiger partial charge in [-0.25, -0.2) is 0 Å². The van der Waals surface area contributed by atoms with Gasteiger partial charge in [-0.15, -0.1) is 11.3 Å². The highest BCUT2D eigenvalue weighted by atomic mass is 32.1. The molecule has 4 nitrogen and oxygen atoms in total. The van der Waals surface area contributed by atoms with E-state index < -0.39 is 0 Å². The van der Waals surface area contributed by atoms with Gasteiger partial charge in [-0.1, -0.05) is 6.07 Å². The number of nitrogens with one attached hydrogen (secondary N) is 2. The molecule has 0 aliphatic carbocycles. The van der Waals surface area contributed by atoms with Crippen LogP contribution in [0.5, 0.6) is 0 Å². The van der Waals surface area contributed by atoms with E-state index in [1.54, 1.807) is 18.3 Å². The van der Waals surface area contributed by atoms with Gasteiger partial charge in [0.15, 0.2) is 0 Å². The smallest absolute Gasteiger partial charge is 0.0794 e. The van der Waals surface area contributed by atoms with E-state index in [1.807, 2.05) is 17.6 Å². The summed E-state index contributed by atoms with van der Waals surface area (Å²) < 4.78 is 0. The zero-order valence-electron chi connectivity index (χ0n) is 9.10. The number of aliphatic hydroxyl groups excluding tert-OH is 1. The van der Waals surface area contributed by atoms with Crippen LogP contribution in [0.25, 0.3) is 10.6 Å². The summed E-state index contributed by atoms with van der Waals surface area (Å²) in [6.45, 7) is 3.08. The molecule has 0 bridgehead atoms. The molecule has 2 aromatic heterocycles. The van der Waals surface area contributed by atoms with Crippen molar-refractivity contribution in [3.63, 3.8) is 0 Å². The Labute approximate surface area is 98.3 Å². The van der Waals surface area contributed by atoms with E-state index in [-0.39, 0.29) is 6.10 Å². The average molecular weight is 237 g/mol. The van der Waals surface area contributed by atoms with Crippen molar-refractivity contribution < 1.29 is 5.11 Å². The number of aromatic nitrogens is 2. The largest absolute Gasteiger partial charge is 0.392 e. The molecule has 3 N–H and O–H groups in total. The third-order valence-electron chi connectivity index (χ3n) is 2.24. The second-order valence-electron chi connectivity index (χ2n) is 3.73. The van der Waals surface area contributed by atoms with Crippen LogP contribution < -0.4 is 5.32 Å². The summed E-state index contributed by atoms with van der Waals surface area (Å²) in [5.74, 6) is 0. The number of aromatic amines is 1. The van der Waals surface area contributed by atoms with E-state index >= 15 is 0 Å². The van der Waals surface area contributed by atoms with Crippen LogP contribution in [0.3, 0.4) is 0 Å². The number of hydrogen-bond acceptors (Lipinski definition) is 4. The second-order valence-corrected chi connectivity index (χ2v) is 4.68. The summed E-state index contributed by atoms with van der Waals surface area (Å²) in [5, 5.41) is 21.4. The maximum Gasteiger partial charge on any atom is 0.0794 e. The molecule has 2 heterocycles. The van der Waals surface area contributed by atoms with Crippen LogP contribution >= 0.6 is 11.3 Å². The maximum absolute atomic E-state index is 9.15. The lowest BCUT2D eigenvalue weighted by molar-refractivity contribution is 0.191. The van der Waals surface area contributed by atoms with Gasteiger partial charge in [-0.05, 0) is 18.4 Å². The van der Waals surface area contributed by atoms with Gasteiger partial charge in [0.2, 0.25) is 0 Å². The van der Waals surface area contributed by atoms with Crippen LogP contribution in [0.4, 0.5) is 0 Å². The van der Waals surface area contributed by atoms with Crippen LogP contribution in [0.15, 0.2) is 23.7 Å². The lowest BCUT2D eigenvalue weighted by Crippen LogP contribution is -2.23. The molecule has 5 heteroatoms. The summed E-state index contributed by atoms with van der Waals surface area (Å²) >= 11 is 1.69. The molecule has 0 unspecified atom stereocenters. The normalized spacial score (nSPS) is 12.9. The van der Waals surface area contributed by atoms with E-state index in [0.717, 1.165) is 11.3 Å². The molecule has 0 saturated carbocycles. The van der Waals surface area contributed by atoms with Gasteiger partial charge < -0.3 is 10.4 Å². The first kappa shape index (κ1) is 11.3. The molecule has 0 fully saturated rings. The molecule has 0 spiro atoms. The third-order valence-corrected chi connectivity index (χ3v) is 3.13. The van der Waals surface area contributed by atoms with Crippen molar-refractivity contribution in [3.05, 3.63) is 29.3 Å². The van der Waals surface area contributed by atoms with Crippen molar-refractivity contribution >= 4 is 11.3 Å². The highest BCUT2D eigenvalue weighted by molar-refractivity contribution is 7.13. The first-order valence-corrected chi connectivity index (χ1v) is 6.10. The van der Waals surface area contributed by atoms with Crippen molar-refractivity contribution in [1.82, 2.24) is 15.5 Å². The van der Waals surface area contributed by atoms with Crippen molar-refractivity contribution in [1.29, 1.82) is 0 Å². The fourth-order valence-electron chi connectivity index (χ4n) is 1.50. The van der Waals surface area contributed by atoms with Crippen LogP contribution in [0, 0.1) is 0 Å². The first-order valence-electron chi connectivity index (χ1n) is 5.22. The molecular formula is C11H15N3OS. The van der Waals surface area contributed by atoms with Gasteiger partial charge in [0.05, 0.1) is 22.9 Å². The highest BCUT2D eigenvalue weighted by Crippen LogP contribution is 2.25. The van der Waals surface area contributed by atoms with Gasteiger partial charge >= 0.3 is 0 Å². The van der Waals surface area contributed by atoms with Crippen LogP contribution in [-0.2, 0) is 6.54 Å². The molecule has 2 aromatic rings. The minimum atomic E-state index is -0.322. The second kappa shape index (κ2) is 5.25. The predicted molar refractivity (Wildman–Crippen MR) is 65.3 cm³/mol. The summed E-state index contributed by atoms with van der Waals surface area (Å²) in [7, 11) is 0. The Morgan fingerprint density at radius 2 is 2.50 bits per heavy atom. The Balaban J connectivity index is 2.03. The summed E-state index contributed by atoms with van der Waals surface area (Å²) in [4.78, 5) is 1.19. The maximum atomic E-state index is 9.15. The fraction of sp³-hybridized carbons (Fsp3) is 0.364. The van der Waals surface area contributed by atoms with E-state index in [9.17, 15) is 0 Å². The van der Waals surface area contributed by atoms with Gasteiger partial charge in [-0.3, -0.25) is 5.10 Å². The number of H-pyrrole nitrogens is 1. The number of hydrogen-bond donors (Lipinski definition) is 3. The Hall–Kier alpha value is -1.17. The highest BCUT2D eigenvalue weighted by Gasteiger charge is 2.08. The van der Waals surface area contributed by atoms with Crippen molar-refractivity contribution in [2.24, 2.45) is 0 Å². The quantitative estimate of drug-likeness (QED) is 0.740. The third kappa shape index (κ3) is 2.69. The topological polar surface area (TPSA) is 60.9 Å². The summed E-state index contributed by atoms with van der Waals surface area (Å²) in [5.41, 5.74) is 2.19. The predicted octanol–water partition coefficient (Wildman–Crippen LogP) is 1.61. The lowest BCUT2D eigenvalue weighted by Gasteiger charge is -2.06. The minimum Gasteiger partial charge on any atom is -0.392 e. The molecule has 0 aliphatic heterocycles. The first-order chi connectivity index (χ1) is 7.77. The minimum absolute atomic E-state index is 0.322. The lowest BCUT2D eigenvalue weighted by atomic mass is 10.2. The van der Waals surface area contributed by atoms with E-state index in [4.69, 9.17) is 5.11 Å². The summed E-state index contributed by atoms with van der Waals surface area (Å²) in [6, 6.07) is 4.09. The van der Waals surface area contributed by atoms with Gasteiger partial charge in [0.1, 0.15) is 0 Å². The standard InChI is InChI=1S/C11H15N3OS/c1-8(15)5-12-6-9-7-13-14-11(9)10-3-2-4-16-10/h2-4,7-8,12,15H,5-6H2,1H3,(H,13,14)/t8-/m1/s1. The Bertz CT molecular complexity index is 422. The van der Waals surface area contributed by atoms with Crippen molar-refractivity contribution in [2.45, 2.75) is 19.6 Å². The van der Waals surface area contributed by atoms with Crippen molar-refractivity contribution in [3.8, 4) is 10.6 Å². The molecule has 86 valence electrons. The number of nitrogens with zero attached hydrogens (tertiary/aromatic N) is 1. The number of aliphatic hydroxyl groups is 1. The number of thiophene rings is 1. The fourth-order valence-corrected chi connectivity index (χ4v) is 2.25. The van der Waals surface area contributed by atoms with E-state index in [2.05, 4.69) is 21.6 Å². The van der Waals surface area contributed by atoms with Gasteiger partial charge in [0.25, 0.3) is 0 Å². The van der Waals surface area contributed by atoms with Crippen LogP contribution in [-0.4, -0.2) is 28.0 Å². The molecule has 0 saturated heterocycles. The summed E-state index contributed by atoms with van der Waals surface area (Å²) in [6.07, 6.45) is 1.50. The molecule has 0 aliphatic rings. The molecule has 0 amide bonds. The molecular weight excluding hydrogens is 222 g/mol. The monoisotopic (exact) mass is 237 g/mol. The molecule has 0 aromatic carbocycles. The van der Waals surface area contributed by atoms with Crippen LogP contribution in [0.2, 0.25) is 0 Å². The van der Waals surface area contributed by atoms with Crippen LogP contribution in [0.1, 0.15) is 12.5 Å². The molecule has 1 atom stereocenters. The zero-order valence-corrected chi connectivity index (χ0v) is 9.92. The van der Waals surface area contributed by atoms with Crippen molar-refractivity contribution in [2.75, 3.05) is 6.54 Å². The Kier molecular flexibility index (Phi) is 3.71. The van der Waals surface area contributed by atoms with Gasteiger partial charge in [0, 0.05) is 18.7 Å². The number of rotatable bonds is 5. The Morgan fingerprint density at radius 1 is 1.62 bits per heavy atom. The Morgan fingerprint density at radius 3 is 3.19 bits per heavy atom. The molecule has 16 heavy (non-hydrogen) atoms.